The first kappa shape index (κ1) is 10.6. The summed E-state index contributed by atoms with van der Waals surface area (Å²) in [4.78, 5) is 5.48. The summed E-state index contributed by atoms with van der Waals surface area (Å²) in [5, 5.41) is 0. The van der Waals surface area contributed by atoms with E-state index in [1.54, 1.807) is 11.3 Å². The minimum absolute atomic E-state index is 0.257. The van der Waals surface area contributed by atoms with E-state index in [-0.39, 0.29) is 6.04 Å². The minimum atomic E-state index is 0.257. The van der Waals surface area contributed by atoms with Crippen LogP contribution in [0.25, 0.3) is 0 Å². The van der Waals surface area contributed by atoms with Gasteiger partial charge < -0.3 is 0 Å². The van der Waals surface area contributed by atoms with Crippen molar-refractivity contribution in [3.8, 4) is 0 Å². The first-order valence-corrected chi connectivity index (χ1v) is 5.39. The van der Waals surface area contributed by atoms with E-state index in [1.165, 1.54) is 4.88 Å². The van der Waals surface area contributed by atoms with Crippen LogP contribution in [0.2, 0.25) is 0 Å². The molecule has 0 saturated heterocycles. The molecule has 3 nitrogen and oxygen atoms in total. The van der Waals surface area contributed by atoms with Gasteiger partial charge in [0, 0.05) is 4.88 Å². The third-order valence-corrected chi connectivity index (χ3v) is 3.05. The first-order chi connectivity index (χ1) is 6.15. The minimum Gasteiger partial charge on any atom is -0.271 e. The van der Waals surface area contributed by atoms with E-state index in [1.807, 2.05) is 12.4 Å². The second-order valence-corrected chi connectivity index (χ2v) is 4.54. The maximum absolute atomic E-state index is 5.51. The fourth-order valence-corrected chi connectivity index (χ4v) is 2.24. The maximum atomic E-state index is 5.51. The van der Waals surface area contributed by atoms with Crippen molar-refractivity contribution in [2.75, 3.05) is 0 Å². The average Bonchev–Trinajstić information content (AvgIpc) is 2.47. The molecule has 1 rings (SSSR count). The Hall–Kier alpha value is -0.450. The largest absolute Gasteiger partial charge is 0.271 e. The quantitative estimate of drug-likeness (QED) is 0.576. The van der Waals surface area contributed by atoms with E-state index in [4.69, 9.17) is 5.84 Å². The summed E-state index contributed by atoms with van der Waals surface area (Å²) in [6.07, 6.45) is 1.06. The Labute approximate surface area is 83.3 Å². The van der Waals surface area contributed by atoms with Gasteiger partial charge in [-0.25, -0.2) is 4.98 Å². The lowest BCUT2D eigenvalue weighted by Crippen LogP contribution is -2.28. The number of aryl methyl sites for hydroxylation is 1. The molecule has 0 amide bonds. The van der Waals surface area contributed by atoms with Crippen LogP contribution >= 0.6 is 11.3 Å². The first-order valence-electron chi connectivity index (χ1n) is 4.51. The predicted molar refractivity (Wildman–Crippen MR) is 56.4 cm³/mol. The van der Waals surface area contributed by atoms with Gasteiger partial charge >= 0.3 is 0 Å². The van der Waals surface area contributed by atoms with Crippen molar-refractivity contribution in [1.82, 2.24) is 10.4 Å². The standard InChI is InChI=1S/C9H17N3S/c1-6(2)4-8(12-10)9-7(3)11-5-13-9/h5-6,8,12H,4,10H2,1-3H3. The van der Waals surface area contributed by atoms with Gasteiger partial charge in [0.1, 0.15) is 0 Å². The number of nitrogens with one attached hydrogen (secondary N) is 1. The van der Waals surface area contributed by atoms with Crippen molar-refractivity contribution in [2.45, 2.75) is 33.2 Å². The summed E-state index contributed by atoms with van der Waals surface area (Å²) >= 11 is 1.67. The number of nitrogens with two attached hydrogens (primary N) is 1. The molecule has 0 aromatic carbocycles. The summed E-state index contributed by atoms with van der Waals surface area (Å²) in [5.74, 6) is 6.15. The fraction of sp³-hybridized carbons (Fsp3) is 0.667. The van der Waals surface area contributed by atoms with Crippen LogP contribution in [0, 0.1) is 12.8 Å². The number of hydrazine groups is 1. The zero-order chi connectivity index (χ0) is 9.84. The number of rotatable bonds is 4. The summed E-state index contributed by atoms with van der Waals surface area (Å²) in [6, 6.07) is 0.257. The monoisotopic (exact) mass is 199 g/mol. The Morgan fingerprint density at radius 3 is 2.69 bits per heavy atom. The van der Waals surface area contributed by atoms with Crippen LogP contribution in [0.3, 0.4) is 0 Å². The number of aromatic nitrogens is 1. The van der Waals surface area contributed by atoms with Crippen LogP contribution in [0.5, 0.6) is 0 Å². The lowest BCUT2D eigenvalue weighted by molar-refractivity contribution is 0.441. The van der Waals surface area contributed by atoms with E-state index < -0.39 is 0 Å². The third kappa shape index (κ3) is 2.76. The van der Waals surface area contributed by atoms with Crippen molar-refractivity contribution in [3.63, 3.8) is 0 Å². The van der Waals surface area contributed by atoms with E-state index >= 15 is 0 Å². The van der Waals surface area contributed by atoms with Crippen LogP contribution in [-0.4, -0.2) is 4.98 Å². The van der Waals surface area contributed by atoms with Gasteiger partial charge in [-0.05, 0) is 19.3 Å². The van der Waals surface area contributed by atoms with Gasteiger partial charge in [0.15, 0.2) is 0 Å². The molecule has 74 valence electrons. The summed E-state index contributed by atoms with van der Waals surface area (Å²) in [6.45, 7) is 6.41. The summed E-state index contributed by atoms with van der Waals surface area (Å²) < 4.78 is 0. The molecule has 0 radical (unpaired) electrons. The fourth-order valence-electron chi connectivity index (χ4n) is 1.37. The molecule has 0 aliphatic carbocycles. The van der Waals surface area contributed by atoms with Crippen LogP contribution in [-0.2, 0) is 0 Å². The average molecular weight is 199 g/mol. The summed E-state index contributed by atoms with van der Waals surface area (Å²) in [5.41, 5.74) is 5.81. The molecular formula is C9H17N3S. The molecule has 0 spiro atoms. The molecule has 1 aromatic heterocycles. The molecular weight excluding hydrogens is 182 g/mol. The Morgan fingerprint density at radius 1 is 1.62 bits per heavy atom. The van der Waals surface area contributed by atoms with Gasteiger partial charge in [0.05, 0.1) is 17.2 Å². The van der Waals surface area contributed by atoms with Crippen molar-refractivity contribution in [1.29, 1.82) is 0 Å². The molecule has 1 atom stereocenters. The van der Waals surface area contributed by atoms with Crippen molar-refractivity contribution in [3.05, 3.63) is 16.1 Å². The smallest absolute Gasteiger partial charge is 0.0798 e. The van der Waals surface area contributed by atoms with Crippen molar-refractivity contribution < 1.29 is 0 Å². The molecule has 0 fully saturated rings. The molecule has 4 heteroatoms. The molecule has 0 aliphatic rings. The Balaban J connectivity index is 2.72. The van der Waals surface area contributed by atoms with E-state index in [0.717, 1.165) is 12.1 Å². The lowest BCUT2D eigenvalue weighted by atomic mass is 10.0. The van der Waals surface area contributed by atoms with Crippen LogP contribution in [0.4, 0.5) is 0 Å². The highest BCUT2D eigenvalue weighted by atomic mass is 32.1. The van der Waals surface area contributed by atoms with Crippen molar-refractivity contribution >= 4 is 11.3 Å². The molecule has 1 aromatic rings. The number of thiazole rings is 1. The zero-order valence-corrected chi connectivity index (χ0v) is 9.19. The highest BCUT2D eigenvalue weighted by Gasteiger charge is 2.15. The van der Waals surface area contributed by atoms with E-state index in [9.17, 15) is 0 Å². The third-order valence-electron chi connectivity index (χ3n) is 2.01. The Bertz CT molecular complexity index is 257. The van der Waals surface area contributed by atoms with Gasteiger partial charge in [0.25, 0.3) is 0 Å². The number of hydrogen-bond acceptors (Lipinski definition) is 4. The van der Waals surface area contributed by atoms with Crippen molar-refractivity contribution in [2.24, 2.45) is 11.8 Å². The van der Waals surface area contributed by atoms with Crippen LogP contribution < -0.4 is 11.3 Å². The SMILES string of the molecule is Cc1ncsc1C(CC(C)C)NN. The van der Waals surface area contributed by atoms with Gasteiger partial charge in [-0.15, -0.1) is 11.3 Å². The predicted octanol–water partition coefficient (Wildman–Crippen LogP) is 2.00. The maximum Gasteiger partial charge on any atom is 0.0798 e. The second kappa shape index (κ2) is 4.69. The van der Waals surface area contributed by atoms with E-state index in [0.29, 0.717) is 5.92 Å². The molecule has 1 heterocycles. The summed E-state index contributed by atoms with van der Waals surface area (Å²) in [7, 11) is 0. The Morgan fingerprint density at radius 2 is 2.31 bits per heavy atom. The topological polar surface area (TPSA) is 50.9 Å². The molecule has 1 unspecified atom stereocenters. The van der Waals surface area contributed by atoms with Crippen LogP contribution in [0.1, 0.15) is 36.9 Å². The van der Waals surface area contributed by atoms with Gasteiger partial charge in [-0.1, -0.05) is 13.8 Å². The van der Waals surface area contributed by atoms with Gasteiger partial charge in [-0.3, -0.25) is 11.3 Å². The number of nitrogens with zero attached hydrogens (tertiary/aromatic N) is 1. The van der Waals surface area contributed by atoms with Gasteiger partial charge in [-0.2, -0.15) is 0 Å². The van der Waals surface area contributed by atoms with Gasteiger partial charge in [0.2, 0.25) is 0 Å². The lowest BCUT2D eigenvalue weighted by Gasteiger charge is -2.16. The zero-order valence-electron chi connectivity index (χ0n) is 8.37. The normalized spacial score (nSPS) is 13.6. The second-order valence-electron chi connectivity index (χ2n) is 3.65. The molecule has 3 N–H and O–H groups in total. The molecule has 0 saturated carbocycles. The molecule has 0 aliphatic heterocycles. The highest BCUT2D eigenvalue weighted by molar-refractivity contribution is 7.09. The van der Waals surface area contributed by atoms with E-state index in [2.05, 4.69) is 24.3 Å². The number of hydrogen-bond donors (Lipinski definition) is 2. The molecule has 13 heavy (non-hydrogen) atoms. The Kier molecular flexibility index (Phi) is 3.84. The molecule has 0 bridgehead atoms. The highest BCUT2D eigenvalue weighted by Crippen LogP contribution is 2.26. The van der Waals surface area contributed by atoms with Crippen LogP contribution in [0.15, 0.2) is 5.51 Å².